The third kappa shape index (κ3) is 7.45. The summed E-state index contributed by atoms with van der Waals surface area (Å²) in [5.41, 5.74) is 0. The van der Waals surface area contributed by atoms with E-state index < -0.39 is 16.8 Å². The zero-order chi connectivity index (χ0) is 15.8. The average molecular weight is 318 g/mol. The van der Waals surface area contributed by atoms with Gasteiger partial charge in [0.05, 0.1) is 5.92 Å². The van der Waals surface area contributed by atoms with E-state index in [9.17, 15) is 13.8 Å². The summed E-state index contributed by atoms with van der Waals surface area (Å²) in [6, 6.07) is -0.207. The van der Waals surface area contributed by atoms with Gasteiger partial charge < -0.3 is 15.7 Å². The van der Waals surface area contributed by atoms with Crippen LogP contribution in [-0.2, 0) is 15.6 Å². The number of carbonyl (C=O) groups excluding carboxylic acids is 1. The van der Waals surface area contributed by atoms with Crippen LogP contribution in [0.15, 0.2) is 0 Å². The molecular formula is C14H26N2O4S. The van der Waals surface area contributed by atoms with Crippen molar-refractivity contribution in [3.05, 3.63) is 0 Å². The molecule has 0 aromatic rings. The van der Waals surface area contributed by atoms with Gasteiger partial charge in [-0.1, -0.05) is 0 Å². The maximum Gasteiger partial charge on any atom is 0.315 e. The van der Waals surface area contributed by atoms with Crippen LogP contribution in [0.5, 0.6) is 0 Å². The Morgan fingerprint density at radius 2 is 1.90 bits per heavy atom. The molecule has 0 aromatic heterocycles. The van der Waals surface area contributed by atoms with E-state index in [2.05, 4.69) is 10.6 Å². The Hall–Kier alpha value is -1.11. The SMILES string of the molecule is CC(CCS(C)=O)NC(=O)NCC1CCC(C(=O)O)CC1. The molecule has 3 N–H and O–H groups in total. The molecule has 0 radical (unpaired) electrons. The van der Waals surface area contributed by atoms with Crippen molar-refractivity contribution in [2.75, 3.05) is 18.6 Å². The molecule has 1 rings (SSSR count). The van der Waals surface area contributed by atoms with Gasteiger partial charge in [0.15, 0.2) is 0 Å². The Morgan fingerprint density at radius 3 is 2.43 bits per heavy atom. The fourth-order valence-electron chi connectivity index (χ4n) is 2.54. The van der Waals surface area contributed by atoms with E-state index in [0.29, 0.717) is 37.5 Å². The van der Waals surface area contributed by atoms with Crippen LogP contribution in [0, 0.1) is 11.8 Å². The van der Waals surface area contributed by atoms with Crippen molar-refractivity contribution in [2.45, 2.75) is 45.1 Å². The van der Waals surface area contributed by atoms with Crippen molar-refractivity contribution in [1.29, 1.82) is 0 Å². The predicted octanol–water partition coefficient (Wildman–Crippen LogP) is 1.33. The predicted molar refractivity (Wildman–Crippen MR) is 82.6 cm³/mol. The molecule has 0 saturated heterocycles. The van der Waals surface area contributed by atoms with Crippen molar-refractivity contribution in [3.8, 4) is 0 Å². The molecule has 0 aliphatic heterocycles. The molecule has 1 aliphatic carbocycles. The first-order valence-corrected chi connectivity index (χ1v) is 9.18. The lowest BCUT2D eigenvalue weighted by atomic mass is 9.82. The fraction of sp³-hybridized carbons (Fsp3) is 0.857. The minimum Gasteiger partial charge on any atom is -0.481 e. The van der Waals surface area contributed by atoms with Gasteiger partial charge in [-0.2, -0.15) is 0 Å². The van der Waals surface area contributed by atoms with Crippen LogP contribution in [0.25, 0.3) is 0 Å². The molecular weight excluding hydrogens is 292 g/mol. The summed E-state index contributed by atoms with van der Waals surface area (Å²) < 4.78 is 11.0. The van der Waals surface area contributed by atoms with Crippen LogP contribution >= 0.6 is 0 Å². The van der Waals surface area contributed by atoms with E-state index in [-0.39, 0.29) is 18.0 Å². The number of hydrogen-bond acceptors (Lipinski definition) is 3. The first kappa shape index (κ1) is 17.9. The standard InChI is InChI=1S/C14H26N2O4S/c1-10(7-8-21(2)20)16-14(19)15-9-11-3-5-12(6-4-11)13(17)18/h10-12H,3-9H2,1-2H3,(H,17,18)(H2,15,16,19). The summed E-state index contributed by atoms with van der Waals surface area (Å²) in [5.74, 6) is 0.0248. The summed E-state index contributed by atoms with van der Waals surface area (Å²) in [7, 11) is -0.836. The maximum atomic E-state index is 11.7. The summed E-state index contributed by atoms with van der Waals surface area (Å²) in [5, 5.41) is 14.6. The molecule has 122 valence electrons. The highest BCUT2D eigenvalue weighted by molar-refractivity contribution is 7.84. The van der Waals surface area contributed by atoms with Crippen LogP contribution in [0.1, 0.15) is 39.0 Å². The van der Waals surface area contributed by atoms with Gasteiger partial charge in [0, 0.05) is 35.4 Å². The second kappa shape index (κ2) is 9.02. The molecule has 6 nitrogen and oxygen atoms in total. The zero-order valence-corrected chi connectivity index (χ0v) is 13.6. The molecule has 0 spiro atoms. The van der Waals surface area contributed by atoms with Gasteiger partial charge in [-0.05, 0) is 44.9 Å². The van der Waals surface area contributed by atoms with Gasteiger partial charge in [-0.3, -0.25) is 9.00 Å². The Balaban J connectivity index is 2.16. The third-order valence-electron chi connectivity index (χ3n) is 3.96. The van der Waals surface area contributed by atoms with Crippen molar-refractivity contribution in [1.82, 2.24) is 10.6 Å². The summed E-state index contributed by atoms with van der Waals surface area (Å²) in [6.45, 7) is 2.48. The molecule has 0 aromatic carbocycles. The van der Waals surface area contributed by atoms with E-state index in [0.717, 1.165) is 12.8 Å². The Bertz CT molecular complexity index is 381. The van der Waals surface area contributed by atoms with Gasteiger partial charge in [0.25, 0.3) is 0 Å². The second-order valence-corrected chi connectivity index (χ2v) is 7.43. The molecule has 0 heterocycles. The average Bonchev–Trinajstić information content (AvgIpc) is 2.43. The molecule has 7 heteroatoms. The van der Waals surface area contributed by atoms with Crippen LogP contribution < -0.4 is 10.6 Å². The van der Waals surface area contributed by atoms with E-state index in [4.69, 9.17) is 5.11 Å². The Labute approximate surface area is 128 Å². The molecule has 0 bridgehead atoms. The van der Waals surface area contributed by atoms with Gasteiger partial charge in [0.1, 0.15) is 0 Å². The van der Waals surface area contributed by atoms with Crippen LogP contribution in [0.4, 0.5) is 4.79 Å². The number of carboxylic acid groups (broad SMARTS) is 1. The molecule has 1 saturated carbocycles. The molecule has 1 fully saturated rings. The Morgan fingerprint density at radius 1 is 1.29 bits per heavy atom. The van der Waals surface area contributed by atoms with Crippen molar-refractivity contribution >= 4 is 22.8 Å². The minimum atomic E-state index is -0.836. The first-order chi connectivity index (χ1) is 9.88. The van der Waals surface area contributed by atoms with Crippen LogP contribution in [0.3, 0.4) is 0 Å². The topological polar surface area (TPSA) is 95.5 Å². The van der Waals surface area contributed by atoms with Crippen molar-refractivity contribution in [3.63, 3.8) is 0 Å². The smallest absolute Gasteiger partial charge is 0.315 e. The summed E-state index contributed by atoms with van der Waals surface area (Å²) in [4.78, 5) is 22.6. The largest absolute Gasteiger partial charge is 0.481 e. The summed E-state index contributed by atoms with van der Waals surface area (Å²) >= 11 is 0. The number of carbonyl (C=O) groups is 2. The number of aliphatic carboxylic acids is 1. The lowest BCUT2D eigenvalue weighted by Crippen LogP contribution is -2.43. The monoisotopic (exact) mass is 318 g/mol. The second-order valence-electron chi connectivity index (χ2n) is 5.88. The number of hydrogen-bond donors (Lipinski definition) is 3. The fourth-order valence-corrected chi connectivity index (χ4v) is 3.23. The lowest BCUT2D eigenvalue weighted by molar-refractivity contribution is -0.143. The van der Waals surface area contributed by atoms with E-state index in [1.807, 2.05) is 6.92 Å². The van der Waals surface area contributed by atoms with E-state index in [1.165, 1.54) is 0 Å². The maximum absolute atomic E-state index is 11.7. The van der Waals surface area contributed by atoms with Crippen molar-refractivity contribution < 1.29 is 18.9 Å². The molecule has 2 atom stereocenters. The number of urea groups is 1. The highest BCUT2D eigenvalue weighted by Gasteiger charge is 2.26. The molecule has 21 heavy (non-hydrogen) atoms. The molecule has 1 aliphatic rings. The number of amides is 2. The highest BCUT2D eigenvalue weighted by Crippen LogP contribution is 2.28. The third-order valence-corrected chi connectivity index (χ3v) is 4.77. The Kier molecular flexibility index (Phi) is 7.71. The van der Waals surface area contributed by atoms with E-state index in [1.54, 1.807) is 6.26 Å². The quantitative estimate of drug-likeness (QED) is 0.660. The first-order valence-electron chi connectivity index (χ1n) is 7.45. The normalized spacial score (nSPS) is 24.9. The zero-order valence-electron chi connectivity index (χ0n) is 12.8. The van der Waals surface area contributed by atoms with Crippen LogP contribution in [-0.4, -0.2) is 45.9 Å². The summed E-state index contributed by atoms with van der Waals surface area (Å²) in [6.07, 6.45) is 5.44. The lowest BCUT2D eigenvalue weighted by Gasteiger charge is -2.26. The van der Waals surface area contributed by atoms with Gasteiger partial charge >= 0.3 is 12.0 Å². The van der Waals surface area contributed by atoms with Gasteiger partial charge in [-0.15, -0.1) is 0 Å². The van der Waals surface area contributed by atoms with Gasteiger partial charge in [-0.25, -0.2) is 4.79 Å². The highest BCUT2D eigenvalue weighted by atomic mass is 32.2. The number of nitrogens with one attached hydrogen (secondary N) is 2. The number of rotatable bonds is 7. The minimum absolute atomic E-state index is 0.00310. The number of carboxylic acids is 1. The molecule has 2 amide bonds. The molecule has 2 unspecified atom stereocenters. The van der Waals surface area contributed by atoms with Gasteiger partial charge in [0.2, 0.25) is 0 Å². The van der Waals surface area contributed by atoms with Crippen LogP contribution in [0.2, 0.25) is 0 Å². The van der Waals surface area contributed by atoms with E-state index >= 15 is 0 Å². The van der Waals surface area contributed by atoms with Crippen molar-refractivity contribution in [2.24, 2.45) is 11.8 Å².